The molecule has 3 rings (SSSR count). The molecule has 1 unspecified atom stereocenters. The van der Waals surface area contributed by atoms with Gasteiger partial charge in [-0.1, -0.05) is 11.6 Å². The minimum atomic E-state index is -0.278. The number of hydrogen-bond donors (Lipinski definition) is 2. The molecular formula is C18H22ClN3O4. The van der Waals surface area contributed by atoms with Crippen molar-refractivity contribution >= 4 is 23.2 Å². The second-order valence-electron chi connectivity index (χ2n) is 6.14. The Hall–Kier alpha value is -2.22. The van der Waals surface area contributed by atoms with Gasteiger partial charge in [-0.15, -0.1) is 0 Å². The smallest absolute Gasteiger partial charge is 0.255 e. The highest BCUT2D eigenvalue weighted by Crippen LogP contribution is 2.28. The predicted octanol–water partition coefficient (Wildman–Crippen LogP) is 2.15. The van der Waals surface area contributed by atoms with Gasteiger partial charge in [0, 0.05) is 37.8 Å². The summed E-state index contributed by atoms with van der Waals surface area (Å²) in [6, 6.07) is 5.00. The van der Waals surface area contributed by atoms with E-state index in [2.05, 4.69) is 10.2 Å². The molecule has 2 heterocycles. The summed E-state index contributed by atoms with van der Waals surface area (Å²) in [5, 5.41) is 3.20. The Bertz CT molecular complexity index is 751. The predicted molar refractivity (Wildman–Crippen MR) is 98.5 cm³/mol. The fraction of sp³-hybridized carbons (Fsp3) is 0.389. The number of nitrogen functional groups attached to an aromatic ring is 1. The Morgan fingerprint density at radius 1 is 1.50 bits per heavy atom. The Kier molecular flexibility index (Phi) is 6.03. The average molecular weight is 380 g/mol. The van der Waals surface area contributed by atoms with Crippen LogP contribution in [-0.4, -0.2) is 50.3 Å². The molecule has 1 aliphatic heterocycles. The molecule has 1 aromatic heterocycles. The molecule has 3 N–H and O–H groups in total. The fourth-order valence-corrected chi connectivity index (χ4v) is 3.07. The molecule has 1 amide bonds. The van der Waals surface area contributed by atoms with E-state index in [9.17, 15) is 4.79 Å². The minimum absolute atomic E-state index is 0.0881. The standard InChI is InChI=1S/C18H22ClN3O4/c1-24-17-7-16(20)15(19)6-14(17)18(23)21-8-13-10-22(3-5-26-13)9-12-2-4-25-11-12/h2,4,6-7,11,13H,3,5,8-10,20H2,1H3,(H,21,23). The molecule has 0 radical (unpaired) electrons. The van der Waals surface area contributed by atoms with Crippen molar-refractivity contribution in [2.24, 2.45) is 0 Å². The van der Waals surface area contributed by atoms with Crippen molar-refractivity contribution in [1.29, 1.82) is 0 Å². The van der Waals surface area contributed by atoms with Crippen molar-refractivity contribution in [3.63, 3.8) is 0 Å². The summed E-state index contributed by atoms with van der Waals surface area (Å²) >= 11 is 6.02. The summed E-state index contributed by atoms with van der Waals surface area (Å²) < 4.78 is 16.1. The van der Waals surface area contributed by atoms with Crippen LogP contribution in [0, 0.1) is 0 Å². The monoisotopic (exact) mass is 379 g/mol. The Balaban J connectivity index is 1.56. The van der Waals surface area contributed by atoms with Gasteiger partial charge in [-0.2, -0.15) is 0 Å². The third-order valence-corrected chi connectivity index (χ3v) is 4.59. The summed E-state index contributed by atoms with van der Waals surface area (Å²) in [5.74, 6) is 0.106. The minimum Gasteiger partial charge on any atom is -0.496 e. The number of morpholine rings is 1. The molecule has 1 atom stereocenters. The summed E-state index contributed by atoms with van der Waals surface area (Å²) in [5.41, 5.74) is 7.58. The van der Waals surface area contributed by atoms with Gasteiger partial charge in [-0.05, 0) is 12.1 Å². The zero-order valence-corrected chi connectivity index (χ0v) is 15.3. The first-order chi connectivity index (χ1) is 12.6. The lowest BCUT2D eigenvalue weighted by atomic mass is 10.1. The summed E-state index contributed by atoms with van der Waals surface area (Å²) in [7, 11) is 1.48. The maximum absolute atomic E-state index is 12.5. The first-order valence-electron chi connectivity index (χ1n) is 8.33. The number of carbonyl (C=O) groups is 1. The SMILES string of the molecule is COc1cc(N)c(Cl)cc1C(=O)NCC1CN(Cc2ccoc2)CCO1. The summed E-state index contributed by atoms with van der Waals surface area (Å²) in [6.45, 7) is 3.38. The van der Waals surface area contributed by atoms with Crippen LogP contribution in [0.4, 0.5) is 5.69 Å². The van der Waals surface area contributed by atoms with Crippen LogP contribution in [0.1, 0.15) is 15.9 Å². The van der Waals surface area contributed by atoms with Gasteiger partial charge in [-0.3, -0.25) is 9.69 Å². The topological polar surface area (TPSA) is 90.0 Å². The summed E-state index contributed by atoms with van der Waals surface area (Å²) in [6.07, 6.45) is 3.32. The van der Waals surface area contributed by atoms with E-state index >= 15 is 0 Å². The lowest BCUT2D eigenvalue weighted by molar-refractivity contribution is -0.0293. The fourth-order valence-electron chi connectivity index (χ4n) is 2.91. The van der Waals surface area contributed by atoms with E-state index in [0.717, 1.165) is 25.2 Å². The van der Waals surface area contributed by atoms with Crippen LogP contribution >= 0.6 is 11.6 Å². The molecule has 26 heavy (non-hydrogen) atoms. The zero-order valence-electron chi connectivity index (χ0n) is 14.5. The number of ether oxygens (including phenoxy) is 2. The van der Waals surface area contributed by atoms with Gasteiger partial charge in [0.2, 0.25) is 0 Å². The van der Waals surface area contributed by atoms with Crippen LogP contribution in [0.15, 0.2) is 35.1 Å². The van der Waals surface area contributed by atoms with Crippen LogP contribution in [0.5, 0.6) is 5.75 Å². The van der Waals surface area contributed by atoms with Gasteiger partial charge < -0.3 is 24.9 Å². The molecule has 0 spiro atoms. The molecule has 1 aliphatic rings. The number of halogens is 1. The van der Waals surface area contributed by atoms with Crippen molar-refractivity contribution in [3.8, 4) is 5.75 Å². The quantitative estimate of drug-likeness (QED) is 0.747. The first kappa shape index (κ1) is 18.6. The van der Waals surface area contributed by atoms with Crippen LogP contribution < -0.4 is 15.8 Å². The van der Waals surface area contributed by atoms with E-state index in [0.29, 0.717) is 35.2 Å². The third-order valence-electron chi connectivity index (χ3n) is 4.26. The molecule has 0 aliphatic carbocycles. The molecule has 1 fully saturated rings. The molecule has 140 valence electrons. The Morgan fingerprint density at radius 2 is 2.35 bits per heavy atom. The van der Waals surface area contributed by atoms with Crippen molar-refractivity contribution < 1.29 is 18.7 Å². The Morgan fingerprint density at radius 3 is 3.08 bits per heavy atom. The van der Waals surface area contributed by atoms with Crippen LogP contribution in [0.3, 0.4) is 0 Å². The molecule has 0 bridgehead atoms. The van der Waals surface area contributed by atoms with Crippen molar-refractivity contribution in [2.45, 2.75) is 12.6 Å². The molecule has 8 heteroatoms. The van der Waals surface area contributed by atoms with E-state index in [4.69, 9.17) is 31.2 Å². The molecule has 7 nitrogen and oxygen atoms in total. The van der Waals surface area contributed by atoms with E-state index in [1.165, 1.54) is 13.2 Å². The molecule has 0 saturated carbocycles. The number of hydrogen-bond acceptors (Lipinski definition) is 6. The van der Waals surface area contributed by atoms with Gasteiger partial charge in [-0.25, -0.2) is 0 Å². The van der Waals surface area contributed by atoms with Crippen molar-refractivity contribution in [2.75, 3.05) is 39.1 Å². The Labute approximate surface area is 157 Å². The number of rotatable bonds is 6. The van der Waals surface area contributed by atoms with Crippen molar-refractivity contribution in [3.05, 3.63) is 46.9 Å². The number of nitrogens with zero attached hydrogens (tertiary/aromatic N) is 1. The second kappa shape index (κ2) is 8.44. The average Bonchev–Trinajstić information content (AvgIpc) is 3.15. The highest BCUT2D eigenvalue weighted by Gasteiger charge is 2.22. The number of benzene rings is 1. The van der Waals surface area contributed by atoms with Gasteiger partial charge in [0.15, 0.2) is 0 Å². The van der Waals surface area contributed by atoms with Crippen LogP contribution in [0.2, 0.25) is 5.02 Å². The lowest BCUT2D eigenvalue weighted by Gasteiger charge is -2.32. The number of methoxy groups -OCH3 is 1. The van der Waals surface area contributed by atoms with E-state index < -0.39 is 0 Å². The molecule has 1 aromatic carbocycles. The highest BCUT2D eigenvalue weighted by atomic mass is 35.5. The zero-order chi connectivity index (χ0) is 18.5. The largest absolute Gasteiger partial charge is 0.496 e. The van der Waals surface area contributed by atoms with Gasteiger partial charge in [0.1, 0.15) is 5.75 Å². The van der Waals surface area contributed by atoms with Crippen LogP contribution in [-0.2, 0) is 11.3 Å². The van der Waals surface area contributed by atoms with E-state index in [-0.39, 0.29) is 12.0 Å². The van der Waals surface area contributed by atoms with Gasteiger partial charge in [0.25, 0.3) is 5.91 Å². The highest BCUT2D eigenvalue weighted by molar-refractivity contribution is 6.33. The number of nitrogens with two attached hydrogens (primary N) is 1. The van der Waals surface area contributed by atoms with Crippen LogP contribution in [0.25, 0.3) is 0 Å². The van der Waals surface area contributed by atoms with E-state index in [1.54, 1.807) is 18.6 Å². The first-order valence-corrected chi connectivity index (χ1v) is 8.71. The molecule has 2 aromatic rings. The second-order valence-corrected chi connectivity index (χ2v) is 6.55. The molecule has 1 saturated heterocycles. The number of anilines is 1. The van der Waals surface area contributed by atoms with E-state index in [1.807, 2.05) is 6.07 Å². The maximum atomic E-state index is 12.5. The van der Waals surface area contributed by atoms with Crippen molar-refractivity contribution in [1.82, 2.24) is 10.2 Å². The number of furan rings is 1. The number of nitrogens with one attached hydrogen (secondary N) is 1. The van der Waals surface area contributed by atoms with Gasteiger partial charge >= 0.3 is 0 Å². The summed E-state index contributed by atoms with van der Waals surface area (Å²) in [4.78, 5) is 14.8. The molecular weight excluding hydrogens is 358 g/mol. The third kappa shape index (κ3) is 4.49. The normalized spacial score (nSPS) is 17.8. The van der Waals surface area contributed by atoms with Gasteiger partial charge in [0.05, 0.1) is 48.6 Å². The number of carbonyl (C=O) groups excluding carboxylic acids is 1. The number of amides is 1. The maximum Gasteiger partial charge on any atom is 0.255 e. The lowest BCUT2D eigenvalue weighted by Crippen LogP contribution is -2.47.